The van der Waals surface area contributed by atoms with Gasteiger partial charge in [-0.2, -0.15) is 0 Å². The second-order valence-electron chi connectivity index (χ2n) is 4.77. The lowest BCUT2D eigenvalue weighted by molar-refractivity contribution is 0.0125. The molecule has 0 aliphatic rings. The largest absolute Gasteiger partial charge is 0.379 e. The molecule has 0 saturated heterocycles. The van der Waals surface area contributed by atoms with E-state index in [4.69, 9.17) is 22.1 Å². The molecule has 1 atom stereocenters. The van der Waals surface area contributed by atoms with Crippen LogP contribution < -0.4 is 5.73 Å². The van der Waals surface area contributed by atoms with Crippen molar-refractivity contribution in [1.82, 2.24) is 0 Å². The van der Waals surface area contributed by atoms with Gasteiger partial charge in [0.1, 0.15) is 0 Å². The summed E-state index contributed by atoms with van der Waals surface area (Å²) in [7, 11) is 1.72. The van der Waals surface area contributed by atoms with Gasteiger partial charge >= 0.3 is 0 Å². The summed E-state index contributed by atoms with van der Waals surface area (Å²) >= 11 is 9.55. The predicted octanol–water partition coefficient (Wildman–Crippen LogP) is 4.31. The van der Waals surface area contributed by atoms with E-state index in [1.807, 2.05) is 18.2 Å². The molecule has 1 unspecified atom stereocenters. The molecule has 1 aromatic rings. The highest BCUT2D eigenvalue weighted by Gasteiger charge is 2.19. The minimum atomic E-state index is -0.139. The zero-order valence-corrected chi connectivity index (χ0v) is 12.8. The third kappa shape index (κ3) is 4.59. The Bertz CT molecular complexity index is 382. The van der Waals surface area contributed by atoms with E-state index < -0.39 is 0 Å². The molecule has 0 heterocycles. The van der Waals surface area contributed by atoms with E-state index in [2.05, 4.69) is 29.8 Å². The fraction of sp³-hybridized carbons (Fsp3) is 0.538. The molecule has 0 aliphatic heterocycles. The second kappa shape index (κ2) is 6.19. The fourth-order valence-corrected chi connectivity index (χ4v) is 2.38. The minimum Gasteiger partial charge on any atom is -0.379 e. The molecule has 0 amide bonds. The Balaban J connectivity index is 2.67. The van der Waals surface area contributed by atoms with Gasteiger partial charge in [0, 0.05) is 22.6 Å². The number of ether oxygens (including phenoxy) is 1. The third-order valence-electron chi connectivity index (χ3n) is 2.97. The van der Waals surface area contributed by atoms with E-state index in [0.29, 0.717) is 5.02 Å². The standard InChI is InChI=1S/C13H19BrClNO/c1-13(2,17-3)7-6-12(16)10-5-4-9(14)8-11(10)15/h4-5,8,12H,6-7,16H2,1-3H3. The number of benzene rings is 1. The zero-order valence-electron chi connectivity index (χ0n) is 10.5. The molecule has 1 rings (SSSR count). The lowest BCUT2D eigenvalue weighted by atomic mass is 9.95. The van der Waals surface area contributed by atoms with Gasteiger partial charge in [-0.25, -0.2) is 0 Å². The summed E-state index contributed by atoms with van der Waals surface area (Å²) in [5, 5.41) is 0.710. The number of halogens is 2. The normalized spacial score (nSPS) is 13.8. The molecule has 0 bridgehead atoms. The molecular weight excluding hydrogens is 302 g/mol. The van der Waals surface area contributed by atoms with Crippen LogP contribution in [0.25, 0.3) is 0 Å². The van der Waals surface area contributed by atoms with Crippen molar-refractivity contribution in [3.05, 3.63) is 33.3 Å². The van der Waals surface area contributed by atoms with Crippen molar-refractivity contribution in [3.63, 3.8) is 0 Å². The van der Waals surface area contributed by atoms with Crippen molar-refractivity contribution >= 4 is 27.5 Å². The van der Waals surface area contributed by atoms with E-state index in [9.17, 15) is 0 Å². The maximum atomic E-state index is 6.17. The Morgan fingerprint density at radius 2 is 2.12 bits per heavy atom. The van der Waals surface area contributed by atoms with Crippen LogP contribution in [0.4, 0.5) is 0 Å². The van der Waals surface area contributed by atoms with Gasteiger partial charge in [-0.3, -0.25) is 0 Å². The van der Waals surface area contributed by atoms with Crippen molar-refractivity contribution in [2.45, 2.75) is 38.3 Å². The van der Waals surface area contributed by atoms with Crippen molar-refractivity contribution in [2.75, 3.05) is 7.11 Å². The Morgan fingerprint density at radius 1 is 1.47 bits per heavy atom. The fourth-order valence-electron chi connectivity index (χ4n) is 1.56. The molecule has 0 aromatic heterocycles. The first kappa shape index (κ1) is 15.0. The summed E-state index contributed by atoms with van der Waals surface area (Å²) in [5.74, 6) is 0. The van der Waals surface area contributed by atoms with Gasteiger partial charge in [0.25, 0.3) is 0 Å². The van der Waals surface area contributed by atoms with Crippen molar-refractivity contribution in [1.29, 1.82) is 0 Å². The van der Waals surface area contributed by atoms with Crippen molar-refractivity contribution < 1.29 is 4.74 Å². The first-order valence-corrected chi connectivity index (χ1v) is 6.78. The van der Waals surface area contributed by atoms with Crippen LogP contribution in [-0.4, -0.2) is 12.7 Å². The number of methoxy groups -OCH3 is 1. The number of nitrogens with two attached hydrogens (primary N) is 1. The number of hydrogen-bond acceptors (Lipinski definition) is 2. The SMILES string of the molecule is COC(C)(C)CCC(N)c1ccc(Br)cc1Cl. The van der Waals surface area contributed by atoms with Crippen LogP contribution >= 0.6 is 27.5 Å². The molecule has 2 nitrogen and oxygen atoms in total. The maximum Gasteiger partial charge on any atom is 0.0623 e. The van der Waals surface area contributed by atoms with Crippen LogP contribution in [0, 0.1) is 0 Å². The zero-order chi connectivity index (χ0) is 13.1. The van der Waals surface area contributed by atoms with Gasteiger partial charge in [0.2, 0.25) is 0 Å². The van der Waals surface area contributed by atoms with Crippen molar-refractivity contribution in [3.8, 4) is 0 Å². The average molecular weight is 321 g/mol. The molecule has 2 N–H and O–H groups in total. The van der Waals surface area contributed by atoms with Crippen LogP contribution in [0.2, 0.25) is 5.02 Å². The Morgan fingerprint density at radius 3 is 2.65 bits per heavy atom. The summed E-state index contributed by atoms with van der Waals surface area (Å²) in [4.78, 5) is 0. The Kier molecular flexibility index (Phi) is 5.45. The molecule has 0 saturated carbocycles. The van der Waals surface area contributed by atoms with Crippen LogP contribution in [0.5, 0.6) is 0 Å². The second-order valence-corrected chi connectivity index (χ2v) is 6.10. The van der Waals surface area contributed by atoms with Gasteiger partial charge in [-0.1, -0.05) is 33.6 Å². The quantitative estimate of drug-likeness (QED) is 0.877. The van der Waals surface area contributed by atoms with Crippen molar-refractivity contribution in [2.24, 2.45) is 5.73 Å². The van der Waals surface area contributed by atoms with E-state index in [-0.39, 0.29) is 11.6 Å². The van der Waals surface area contributed by atoms with Crippen LogP contribution in [0.15, 0.2) is 22.7 Å². The van der Waals surface area contributed by atoms with Crippen LogP contribution in [0.1, 0.15) is 38.3 Å². The third-order valence-corrected chi connectivity index (χ3v) is 3.79. The van der Waals surface area contributed by atoms with Gasteiger partial charge < -0.3 is 10.5 Å². The van der Waals surface area contributed by atoms with Gasteiger partial charge in [0.05, 0.1) is 5.60 Å². The molecule has 0 radical (unpaired) electrons. The summed E-state index contributed by atoms with van der Waals surface area (Å²) in [5.41, 5.74) is 7.00. The smallest absolute Gasteiger partial charge is 0.0623 e. The van der Waals surface area contributed by atoms with Crippen LogP contribution in [-0.2, 0) is 4.74 Å². The topological polar surface area (TPSA) is 35.2 Å². The Hall–Kier alpha value is -0.0900. The minimum absolute atomic E-state index is 0.0509. The number of rotatable bonds is 5. The maximum absolute atomic E-state index is 6.17. The lowest BCUT2D eigenvalue weighted by Crippen LogP contribution is -2.24. The molecule has 4 heteroatoms. The van der Waals surface area contributed by atoms with E-state index >= 15 is 0 Å². The summed E-state index contributed by atoms with van der Waals surface area (Å²) in [6.07, 6.45) is 1.75. The van der Waals surface area contributed by atoms with E-state index in [1.54, 1.807) is 7.11 Å². The molecule has 0 fully saturated rings. The van der Waals surface area contributed by atoms with E-state index in [1.165, 1.54) is 0 Å². The highest BCUT2D eigenvalue weighted by molar-refractivity contribution is 9.10. The highest BCUT2D eigenvalue weighted by Crippen LogP contribution is 2.29. The molecular formula is C13H19BrClNO. The summed E-state index contributed by atoms with van der Waals surface area (Å²) < 4.78 is 6.35. The average Bonchev–Trinajstić information content (AvgIpc) is 2.26. The van der Waals surface area contributed by atoms with Gasteiger partial charge in [0.15, 0.2) is 0 Å². The molecule has 0 spiro atoms. The summed E-state index contributed by atoms with van der Waals surface area (Å²) in [6.45, 7) is 4.12. The monoisotopic (exact) mass is 319 g/mol. The lowest BCUT2D eigenvalue weighted by Gasteiger charge is -2.25. The molecule has 96 valence electrons. The Labute approximate surface area is 117 Å². The molecule has 1 aromatic carbocycles. The number of hydrogen-bond donors (Lipinski definition) is 1. The predicted molar refractivity (Wildman–Crippen MR) is 76.4 cm³/mol. The van der Waals surface area contributed by atoms with Gasteiger partial charge in [-0.15, -0.1) is 0 Å². The first-order chi connectivity index (χ1) is 7.85. The summed E-state index contributed by atoms with van der Waals surface area (Å²) in [6, 6.07) is 5.75. The van der Waals surface area contributed by atoms with Crippen LogP contribution in [0.3, 0.4) is 0 Å². The highest BCUT2D eigenvalue weighted by atomic mass is 79.9. The molecule has 0 aliphatic carbocycles. The van der Waals surface area contributed by atoms with Gasteiger partial charge in [-0.05, 0) is 44.4 Å². The molecule has 17 heavy (non-hydrogen) atoms. The first-order valence-electron chi connectivity index (χ1n) is 5.61. The van der Waals surface area contributed by atoms with E-state index in [0.717, 1.165) is 22.9 Å².